The van der Waals surface area contributed by atoms with Gasteiger partial charge < -0.3 is 0 Å². The minimum atomic E-state index is 0.803. The van der Waals surface area contributed by atoms with Gasteiger partial charge in [0.1, 0.15) is 6.21 Å². The van der Waals surface area contributed by atoms with Gasteiger partial charge >= 0.3 is 0 Å². The predicted molar refractivity (Wildman–Crippen MR) is 85.9 cm³/mol. The summed E-state index contributed by atoms with van der Waals surface area (Å²) in [6.45, 7) is 0. The van der Waals surface area contributed by atoms with E-state index in [-0.39, 0.29) is 0 Å². The number of nitrogens with one attached hydrogen (secondary N) is 1. The van der Waals surface area contributed by atoms with Gasteiger partial charge in [-0.05, 0) is 24.2 Å². The lowest BCUT2D eigenvalue weighted by atomic mass is 9.67. The van der Waals surface area contributed by atoms with Gasteiger partial charge in [0.25, 0.3) is 0 Å². The van der Waals surface area contributed by atoms with Crippen molar-refractivity contribution >= 4 is 6.21 Å². The zero-order valence-corrected chi connectivity index (χ0v) is 13.3. The number of hydrogen-bond acceptors (Lipinski definition) is 0. The molecule has 0 aromatic rings. The molecule has 0 radical (unpaired) electrons. The van der Waals surface area contributed by atoms with Crippen LogP contribution in [-0.4, -0.2) is 12.3 Å². The summed E-state index contributed by atoms with van der Waals surface area (Å²) in [5.74, 6) is 3.17. The second kappa shape index (κ2) is 7.61. The molecule has 3 aliphatic rings. The summed E-state index contributed by atoms with van der Waals surface area (Å²) in [5.41, 5.74) is 0. The van der Waals surface area contributed by atoms with Gasteiger partial charge in [-0.3, -0.25) is 0 Å². The van der Waals surface area contributed by atoms with Crippen molar-refractivity contribution in [2.75, 3.05) is 0 Å². The maximum absolute atomic E-state index is 3.70. The minimum absolute atomic E-state index is 0.803. The molecule has 20 heavy (non-hydrogen) atoms. The summed E-state index contributed by atoms with van der Waals surface area (Å²) in [6, 6.07) is 0.803. The summed E-state index contributed by atoms with van der Waals surface area (Å²) in [6.07, 6.45) is 23.2. The topological polar surface area (TPSA) is 14.0 Å². The lowest BCUT2D eigenvalue weighted by molar-refractivity contribution is -0.508. The number of rotatable bonds is 4. The fourth-order valence-corrected chi connectivity index (χ4v) is 5.21. The third kappa shape index (κ3) is 3.86. The summed E-state index contributed by atoms with van der Waals surface area (Å²) in [4.78, 5) is 3.70. The van der Waals surface area contributed by atoms with E-state index < -0.39 is 0 Å². The Morgan fingerprint density at radius 2 is 1.35 bits per heavy atom. The summed E-state index contributed by atoms with van der Waals surface area (Å²) in [7, 11) is 0. The molecule has 114 valence electrons. The molecular formula is C19H34N+. The highest BCUT2D eigenvalue weighted by Crippen LogP contribution is 2.42. The molecule has 3 rings (SSSR count). The van der Waals surface area contributed by atoms with Crippen molar-refractivity contribution in [2.24, 2.45) is 17.8 Å². The molecule has 1 atom stereocenters. The Balaban J connectivity index is 1.64. The maximum atomic E-state index is 3.70. The second-order valence-corrected chi connectivity index (χ2v) is 7.69. The zero-order valence-electron chi connectivity index (χ0n) is 13.3. The molecule has 0 aromatic heterocycles. The maximum Gasteiger partial charge on any atom is 0.150 e. The van der Waals surface area contributed by atoms with Crippen LogP contribution in [0.15, 0.2) is 0 Å². The molecule has 0 amide bonds. The van der Waals surface area contributed by atoms with Crippen LogP contribution in [0.5, 0.6) is 0 Å². The van der Waals surface area contributed by atoms with Gasteiger partial charge in [-0.15, -0.1) is 0 Å². The van der Waals surface area contributed by atoms with Crippen molar-refractivity contribution in [3.05, 3.63) is 0 Å². The van der Waals surface area contributed by atoms with Crippen LogP contribution < -0.4 is 4.99 Å². The SMILES string of the molecule is C1=[NH+][C@H](CC(C2CCCCC2)C2CCCCC2)CCC1. The second-order valence-electron chi connectivity index (χ2n) is 7.69. The predicted octanol–water partition coefficient (Wildman–Crippen LogP) is 3.86. The van der Waals surface area contributed by atoms with E-state index in [0.717, 1.165) is 23.8 Å². The molecule has 1 heterocycles. The first-order valence-corrected chi connectivity index (χ1v) is 9.51. The third-order valence-corrected chi connectivity index (χ3v) is 6.32. The van der Waals surface area contributed by atoms with E-state index >= 15 is 0 Å². The third-order valence-electron chi connectivity index (χ3n) is 6.32. The van der Waals surface area contributed by atoms with Gasteiger partial charge in [-0.25, -0.2) is 4.99 Å². The standard InChI is InChI=1S/C19H33N/c1-3-9-16(10-4-1)19(17-11-5-2-6-12-17)15-18-13-7-8-14-20-18/h14,16-19H,1-13,15H2/p+1/t18-/m0/s1. The molecule has 0 bridgehead atoms. The van der Waals surface area contributed by atoms with E-state index in [0.29, 0.717) is 0 Å². The highest BCUT2D eigenvalue weighted by Gasteiger charge is 2.34. The molecule has 0 saturated heterocycles. The lowest BCUT2D eigenvalue weighted by Crippen LogP contribution is -2.78. The summed E-state index contributed by atoms with van der Waals surface area (Å²) < 4.78 is 0. The molecule has 1 nitrogen and oxygen atoms in total. The molecule has 1 aliphatic heterocycles. The van der Waals surface area contributed by atoms with Gasteiger partial charge in [0, 0.05) is 19.3 Å². The monoisotopic (exact) mass is 276 g/mol. The Kier molecular flexibility index (Phi) is 5.56. The lowest BCUT2D eigenvalue weighted by Gasteiger charge is -2.38. The summed E-state index contributed by atoms with van der Waals surface area (Å²) in [5, 5.41) is 0. The van der Waals surface area contributed by atoms with E-state index in [1.807, 2.05) is 0 Å². The van der Waals surface area contributed by atoms with Crippen molar-refractivity contribution in [3.63, 3.8) is 0 Å². The Morgan fingerprint density at radius 1 is 0.750 bits per heavy atom. The molecule has 1 heteroatoms. The average Bonchev–Trinajstić information content (AvgIpc) is 2.55. The molecule has 1 N–H and O–H groups in total. The molecule has 0 aromatic carbocycles. The van der Waals surface area contributed by atoms with Crippen LogP contribution in [0.1, 0.15) is 89.9 Å². The first kappa shape index (κ1) is 14.6. The van der Waals surface area contributed by atoms with Gasteiger partial charge in [0.15, 0.2) is 6.04 Å². The highest BCUT2D eigenvalue weighted by molar-refractivity contribution is 5.50. The largest absolute Gasteiger partial charge is 0.249 e. The normalized spacial score (nSPS) is 29.9. The van der Waals surface area contributed by atoms with Crippen molar-refractivity contribution < 1.29 is 4.99 Å². The van der Waals surface area contributed by atoms with Gasteiger partial charge in [0.05, 0.1) is 0 Å². The average molecular weight is 276 g/mol. The van der Waals surface area contributed by atoms with Crippen LogP contribution in [0.25, 0.3) is 0 Å². The molecule has 0 spiro atoms. The number of hydrogen-bond donors (Lipinski definition) is 1. The van der Waals surface area contributed by atoms with E-state index in [1.165, 1.54) is 89.9 Å². The van der Waals surface area contributed by atoms with Crippen molar-refractivity contribution in [2.45, 2.75) is 95.9 Å². The highest BCUT2D eigenvalue weighted by atomic mass is 14.8. The molecule has 2 fully saturated rings. The van der Waals surface area contributed by atoms with Gasteiger partial charge in [0.2, 0.25) is 0 Å². The molecule has 2 saturated carbocycles. The fourth-order valence-electron chi connectivity index (χ4n) is 5.21. The fraction of sp³-hybridized carbons (Fsp3) is 0.947. The Bertz CT molecular complexity index is 279. The van der Waals surface area contributed by atoms with E-state index in [1.54, 1.807) is 0 Å². The first-order valence-electron chi connectivity index (χ1n) is 9.51. The smallest absolute Gasteiger partial charge is 0.150 e. The van der Waals surface area contributed by atoms with Crippen LogP contribution in [0.3, 0.4) is 0 Å². The van der Waals surface area contributed by atoms with Crippen LogP contribution in [-0.2, 0) is 0 Å². The van der Waals surface area contributed by atoms with Crippen molar-refractivity contribution in [1.29, 1.82) is 0 Å². The molecule has 0 unspecified atom stereocenters. The van der Waals surface area contributed by atoms with E-state index in [2.05, 4.69) is 11.2 Å². The van der Waals surface area contributed by atoms with E-state index in [9.17, 15) is 0 Å². The minimum Gasteiger partial charge on any atom is -0.249 e. The zero-order chi connectivity index (χ0) is 13.6. The van der Waals surface area contributed by atoms with Gasteiger partial charge in [-0.2, -0.15) is 0 Å². The van der Waals surface area contributed by atoms with Crippen LogP contribution in [0.2, 0.25) is 0 Å². The summed E-state index contributed by atoms with van der Waals surface area (Å²) >= 11 is 0. The Hall–Kier alpha value is -0.330. The van der Waals surface area contributed by atoms with Crippen LogP contribution in [0.4, 0.5) is 0 Å². The Labute approximate surface area is 125 Å². The molecular weight excluding hydrogens is 242 g/mol. The van der Waals surface area contributed by atoms with Crippen LogP contribution >= 0.6 is 0 Å². The van der Waals surface area contributed by atoms with E-state index in [4.69, 9.17) is 0 Å². The quantitative estimate of drug-likeness (QED) is 0.801. The van der Waals surface area contributed by atoms with Gasteiger partial charge in [-0.1, -0.05) is 64.2 Å². The van der Waals surface area contributed by atoms with Crippen molar-refractivity contribution in [1.82, 2.24) is 0 Å². The first-order chi connectivity index (χ1) is 9.93. The molecule has 2 aliphatic carbocycles. The Morgan fingerprint density at radius 3 is 1.85 bits per heavy atom. The van der Waals surface area contributed by atoms with Crippen molar-refractivity contribution in [3.8, 4) is 0 Å². The van der Waals surface area contributed by atoms with Crippen LogP contribution in [0, 0.1) is 17.8 Å².